The maximum absolute atomic E-state index is 5.57. The number of aryl methyl sites for hydroxylation is 1. The van der Waals surface area contributed by atoms with Gasteiger partial charge in [-0.05, 0) is 30.7 Å². The third-order valence-electron chi connectivity index (χ3n) is 2.77. The predicted octanol–water partition coefficient (Wildman–Crippen LogP) is 1.83. The summed E-state index contributed by atoms with van der Waals surface area (Å²) in [5.74, 6) is 0.902. The molecule has 0 bridgehead atoms. The molecule has 0 aliphatic rings. The van der Waals surface area contributed by atoms with Gasteiger partial charge in [-0.1, -0.05) is 0 Å². The summed E-state index contributed by atoms with van der Waals surface area (Å²) in [7, 11) is 1.68. The largest absolute Gasteiger partial charge is 0.496 e. The fourth-order valence-electron chi connectivity index (χ4n) is 1.92. The van der Waals surface area contributed by atoms with Gasteiger partial charge in [0.15, 0.2) is 0 Å². The molecule has 1 aromatic carbocycles. The lowest BCUT2D eigenvalue weighted by molar-refractivity contribution is 0.412. The van der Waals surface area contributed by atoms with Gasteiger partial charge in [0.05, 0.1) is 25.3 Å². The first kappa shape index (κ1) is 11.7. The molecule has 0 aliphatic heterocycles. The van der Waals surface area contributed by atoms with E-state index in [1.54, 1.807) is 7.11 Å². The number of nitrogens with zero attached hydrogens (tertiary/aromatic N) is 2. The van der Waals surface area contributed by atoms with Crippen LogP contribution in [0.15, 0.2) is 30.7 Å². The van der Waals surface area contributed by atoms with Crippen LogP contribution < -0.4 is 10.5 Å². The molecule has 0 spiro atoms. The summed E-state index contributed by atoms with van der Waals surface area (Å²) in [6, 6.07) is 6.11. The van der Waals surface area contributed by atoms with Gasteiger partial charge >= 0.3 is 0 Å². The summed E-state index contributed by atoms with van der Waals surface area (Å²) in [5, 5.41) is 0. The molecule has 4 nitrogen and oxygen atoms in total. The Morgan fingerprint density at radius 3 is 2.88 bits per heavy atom. The molecule has 2 N–H and O–H groups in total. The minimum atomic E-state index is 0.610. The van der Waals surface area contributed by atoms with Crippen LogP contribution in [-0.4, -0.2) is 23.2 Å². The Morgan fingerprint density at radius 2 is 2.24 bits per heavy atom. The molecule has 0 saturated heterocycles. The first-order chi connectivity index (χ1) is 8.26. The number of ether oxygens (including phenoxy) is 1. The molecule has 0 atom stereocenters. The molecular weight excluding hydrogens is 214 g/mol. The average molecular weight is 231 g/mol. The van der Waals surface area contributed by atoms with Crippen LogP contribution in [0.1, 0.15) is 5.56 Å². The second-order valence-corrected chi connectivity index (χ2v) is 3.95. The molecule has 2 aromatic rings. The number of rotatable bonds is 4. The molecule has 90 valence electrons. The molecular formula is C13H17N3O. The van der Waals surface area contributed by atoms with E-state index >= 15 is 0 Å². The fraction of sp³-hybridized carbons (Fsp3) is 0.308. The second kappa shape index (κ2) is 5.01. The Bertz CT molecular complexity index is 505. The first-order valence-electron chi connectivity index (χ1n) is 5.61. The van der Waals surface area contributed by atoms with Crippen LogP contribution in [0.25, 0.3) is 11.3 Å². The summed E-state index contributed by atoms with van der Waals surface area (Å²) in [5.41, 5.74) is 8.91. The van der Waals surface area contributed by atoms with E-state index in [2.05, 4.69) is 15.6 Å². The Kier molecular flexibility index (Phi) is 3.44. The van der Waals surface area contributed by atoms with Crippen LogP contribution in [0, 0.1) is 6.92 Å². The number of imidazole rings is 1. The van der Waals surface area contributed by atoms with E-state index in [1.165, 1.54) is 0 Å². The van der Waals surface area contributed by atoms with Crippen molar-refractivity contribution >= 4 is 0 Å². The molecule has 0 fully saturated rings. The predicted molar refractivity (Wildman–Crippen MR) is 68.0 cm³/mol. The zero-order valence-corrected chi connectivity index (χ0v) is 10.2. The molecule has 2 rings (SSSR count). The molecule has 0 unspecified atom stereocenters. The number of methoxy groups -OCH3 is 1. The SMILES string of the molecule is COc1ccc(-c2cncn2CCN)cc1C. The van der Waals surface area contributed by atoms with E-state index in [0.29, 0.717) is 6.54 Å². The Morgan fingerprint density at radius 1 is 1.41 bits per heavy atom. The number of benzene rings is 1. The zero-order valence-electron chi connectivity index (χ0n) is 10.2. The summed E-state index contributed by atoms with van der Waals surface area (Å²) in [6.45, 7) is 3.42. The Labute approximate surface area is 101 Å². The smallest absolute Gasteiger partial charge is 0.121 e. The molecule has 17 heavy (non-hydrogen) atoms. The number of nitrogens with two attached hydrogens (primary N) is 1. The van der Waals surface area contributed by atoms with E-state index in [1.807, 2.05) is 31.6 Å². The van der Waals surface area contributed by atoms with Crippen molar-refractivity contribution in [2.45, 2.75) is 13.5 Å². The van der Waals surface area contributed by atoms with Gasteiger partial charge in [0.25, 0.3) is 0 Å². The van der Waals surface area contributed by atoms with Gasteiger partial charge in [0.1, 0.15) is 5.75 Å². The molecule has 0 saturated carbocycles. The second-order valence-electron chi connectivity index (χ2n) is 3.95. The van der Waals surface area contributed by atoms with Gasteiger partial charge in [-0.25, -0.2) is 4.98 Å². The van der Waals surface area contributed by atoms with Crippen LogP contribution in [0.3, 0.4) is 0 Å². The highest BCUT2D eigenvalue weighted by Gasteiger charge is 2.06. The summed E-state index contributed by atoms with van der Waals surface area (Å²) >= 11 is 0. The molecule has 0 radical (unpaired) electrons. The van der Waals surface area contributed by atoms with Crippen molar-refractivity contribution in [2.24, 2.45) is 5.73 Å². The summed E-state index contributed by atoms with van der Waals surface area (Å²) in [4.78, 5) is 4.17. The van der Waals surface area contributed by atoms with Crippen LogP contribution in [0.2, 0.25) is 0 Å². The normalized spacial score (nSPS) is 10.5. The Hall–Kier alpha value is -1.81. The molecule has 0 amide bonds. The van der Waals surface area contributed by atoms with Crippen molar-refractivity contribution in [1.82, 2.24) is 9.55 Å². The lowest BCUT2D eigenvalue weighted by Gasteiger charge is -2.09. The van der Waals surface area contributed by atoms with E-state index in [4.69, 9.17) is 10.5 Å². The highest BCUT2D eigenvalue weighted by Crippen LogP contribution is 2.25. The molecule has 0 aliphatic carbocycles. The minimum absolute atomic E-state index is 0.610. The Balaban J connectivity index is 2.39. The minimum Gasteiger partial charge on any atom is -0.496 e. The number of hydrogen-bond donors (Lipinski definition) is 1. The van der Waals surface area contributed by atoms with Gasteiger partial charge in [-0.2, -0.15) is 0 Å². The standard InChI is InChI=1S/C13H17N3O/c1-10-7-11(3-4-13(10)17-2)12-8-15-9-16(12)6-5-14/h3-4,7-9H,5-6,14H2,1-2H3. The van der Waals surface area contributed by atoms with E-state index in [0.717, 1.165) is 29.1 Å². The van der Waals surface area contributed by atoms with Gasteiger partial charge in [0, 0.05) is 18.7 Å². The van der Waals surface area contributed by atoms with Gasteiger partial charge in [0.2, 0.25) is 0 Å². The molecule has 4 heteroatoms. The molecule has 1 aromatic heterocycles. The zero-order chi connectivity index (χ0) is 12.3. The highest BCUT2D eigenvalue weighted by molar-refractivity contribution is 5.61. The van der Waals surface area contributed by atoms with Crippen LogP contribution >= 0.6 is 0 Å². The average Bonchev–Trinajstić information content (AvgIpc) is 2.78. The third kappa shape index (κ3) is 2.31. The maximum atomic E-state index is 5.57. The molecule has 1 heterocycles. The first-order valence-corrected chi connectivity index (χ1v) is 5.61. The lowest BCUT2D eigenvalue weighted by Crippen LogP contribution is -2.09. The van der Waals surface area contributed by atoms with Crippen molar-refractivity contribution in [2.75, 3.05) is 13.7 Å². The number of aromatic nitrogens is 2. The van der Waals surface area contributed by atoms with E-state index in [9.17, 15) is 0 Å². The lowest BCUT2D eigenvalue weighted by atomic mass is 10.1. The van der Waals surface area contributed by atoms with Crippen LogP contribution in [0.4, 0.5) is 0 Å². The van der Waals surface area contributed by atoms with Gasteiger partial charge in [-0.3, -0.25) is 0 Å². The van der Waals surface area contributed by atoms with Crippen molar-refractivity contribution in [3.05, 3.63) is 36.3 Å². The van der Waals surface area contributed by atoms with Crippen molar-refractivity contribution in [3.63, 3.8) is 0 Å². The van der Waals surface area contributed by atoms with Crippen molar-refractivity contribution in [3.8, 4) is 17.0 Å². The quantitative estimate of drug-likeness (QED) is 0.873. The summed E-state index contributed by atoms with van der Waals surface area (Å²) in [6.07, 6.45) is 3.67. The third-order valence-corrected chi connectivity index (χ3v) is 2.77. The van der Waals surface area contributed by atoms with Gasteiger partial charge < -0.3 is 15.0 Å². The van der Waals surface area contributed by atoms with Crippen LogP contribution in [0.5, 0.6) is 5.75 Å². The topological polar surface area (TPSA) is 53.1 Å². The van der Waals surface area contributed by atoms with E-state index in [-0.39, 0.29) is 0 Å². The fourth-order valence-corrected chi connectivity index (χ4v) is 1.92. The van der Waals surface area contributed by atoms with Crippen molar-refractivity contribution < 1.29 is 4.74 Å². The van der Waals surface area contributed by atoms with Crippen molar-refractivity contribution in [1.29, 1.82) is 0 Å². The van der Waals surface area contributed by atoms with E-state index < -0.39 is 0 Å². The monoisotopic (exact) mass is 231 g/mol. The highest BCUT2D eigenvalue weighted by atomic mass is 16.5. The maximum Gasteiger partial charge on any atom is 0.121 e. The summed E-state index contributed by atoms with van der Waals surface area (Å²) < 4.78 is 7.31. The number of hydrogen-bond acceptors (Lipinski definition) is 3. The van der Waals surface area contributed by atoms with Gasteiger partial charge in [-0.15, -0.1) is 0 Å². The van der Waals surface area contributed by atoms with Crippen LogP contribution in [-0.2, 0) is 6.54 Å².